The number of anilines is 1. The fourth-order valence-electron chi connectivity index (χ4n) is 4.43. The number of carbonyl (C=O) groups is 1. The van der Waals surface area contributed by atoms with Crippen molar-refractivity contribution in [1.29, 1.82) is 0 Å². The van der Waals surface area contributed by atoms with Crippen LogP contribution in [0.1, 0.15) is 35.1 Å². The molecule has 0 spiro atoms. The van der Waals surface area contributed by atoms with Gasteiger partial charge >= 0.3 is 5.97 Å². The number of nitrogens with zero attached hydrogens (tertiary/aromatic N) is 1. The number of hydrogen-bond acceptors (Lipinski definition) is 7. The van der Waals surface area contributed by atoms with E-state index in [-0.39, 0.29) is 40.9 Å². The molecular weight excluding hydrogens is 505 g/mol. The molecule has 0 fully saturated rings. The highest BCUT2D eigenvalue weighted by Gasteiger charge is 2.38. The molecule has 0 aliphatic carbocycles. The van der Waals surface area contributed by atoms with E-state index in [1.165, 1.54) is 30.0 Å². The zero-order valence-electron chi connectivity index (χ0n) is 20.4. The van der Waals surface area contributed by atoms with Crippen LogP contribution in [0.5, 0.6) is 5.75 Å². The van der Waals surface area contributed by atoms with Gasteiger partial charge in [0.15, 0.2) is 5.16 Å². The number of carbonyl (C=O) groups excluding carboxylic acids is 1. The molecule has 192 valence electrons. The average Bonchev–Trinajstić information content (AvgIpc) is 2.92. The normalized spacial score (nSPS) is 14.5. The molecule has 1 unspecified atom stereocenters. The Bertz CT molecular complexity index is 1590. The summed E-state index contributed by atoms with van der Waals surface area (Å²) in [4.78, 5) is 34.4. The SMILES string of the molecule is CCOC(=O)C1=C(c2ccccc2)Nc2nc(SCc3ccccc3F)[nH]c(=O)c2C1c1cccc(O)c1. The van der Waals surface area contributed by atoms with E-state index in [2.05, 4.69) is 15.3 Å². The molecule has 1 aliphatic heterocycles. The Morgan fingerprint density at radius 3 is 2.58 bits per heavy atom. The number of phenolic OH excluding ortho intramolecular Hbond substituents is 1. The van der Waals surface area contributed by atoms with Crippen molar-refractivity contribution in [2.24, 2.45) is 0 Å². The molecule has 4 aromatic rings. The van der Waals surface area contributed by atoms with E-state index < -0.39 is 17.4 Å². The summed E-state index contributed by atoms with van der Waals surface area (Å²) < 4.78 is 19.6. The maximum atomic E-state index is 14.1. The molecular formula is C29H24FN3O4S. The summed E-state index contributed by atoms with van der Waals surface area (Å²) in [5.41, 5.74) is 2.16. The van der Waals surface area contributed by atoms with E-state index >= 15 is 0 Å². The standard InChI is InChI=1S/C29H24FN3O4S/c1-2-37-28(36)23-22(18-12-8-13-20(34)15-18)24-26(31-25(23)17-9-4-3-5-10-17)32-29(33-27(24)35)38-16-19-11-6-7-14-21(19)30/h3-15,22,34H,2,16H2,1H3,(H2,31,32,33,35). The number of aromatic nitrogens is 2. The Hall–Kier alpha value is -4.37. The Balaban J connectivity index is 1.67. The van der Waals surface area contributed by atoms with Gasteiger partial charge in [0.2, 0.25) is 0 Å². The molecule has 2 heterocycles. The van der Waals surface area contributed by atoms with E-state index in [9.17, 15) is 19.1 Å². The molecule has 0 saturated heterocycles. The van der Waals surface area contributed by atoms with Gasteiger partial charge in [-0.25, -0.2) is 14.2 Å². The van der Waals surface area contributed by atoms with E-state index in [4.69, 9.17) is 4.74 Å². The van der Waals surface area contributed by atoms with Crippen LogP contribution in [0.3, 0.4) is 0 Å². The monoisotopic (exact) mass is 529 g/mol. The van der Waals surface area contributed by atoms with Crippen molar-refractivity contribution in [3.8, 4) is 5.75 Å². The average molecular weight is 530 g/mol. The lowest BCUT2D eigenvalue weighted by Crippen LogP contribution is -2.31. The van der Waals surface area contributed by atoms with Gasteiger partial charge < -0.3 is 20.1 Å². The number of phenols is 1. The van der Waals surface area contributed by atoms with Crippen molar-refractivity contribution in [1.82, 2.24) is 9.97 Å². The molecule has 38 heavy (non-hydrogen) atoms. The van der Waals surface area contributed by atoms with Gasteiger partial charge in [0.05, 0.1) is 29.4 Å². The predicted octanol–water partition coefficient (Wildman–Crippen LogP) is 5.44. The van der Waals surface area contributed by atoms with Crippen LogP contribution in [0.4, 0.5) is 10.2 Å². The summed E-state index contributed by atoms with van der Waals surface area (Å²) >= 11 is 1.19. The van der Waals surface area contributed by atoms with Crippen molar-refractivity contribution in [2.75, 3.05) is 11.9 Å². The molecule has 3 aromatic carbocycles. The number of ether oxygens (including phenoxy) is 1. The van der Waals surface area contributed by atoms with E-state index in [1.807, 2.05) is 30.3 Å². The Labute approximate surface area is 222 Å². The van der Waals surface area contributed by atoms with Crippen molar-refractivity contribution >= 4 is 29.2 Å². The Morgan fingerprint density at radius 1 is 1.08 bits per heavy atom. The van der Waals surface area contributed by atoms with Crippen LogP contribution < -0.4 is 10.9 Å². The molecule has 7 nitrogen and oxygen atoms in total. The van der Waals surface area contributed by atoms with Crippen molar-refractivity contribution in [2.45, 2.75) is 23.8 Å². The molecule has 9 heteroatoms. The minimum atomic E-state index is -0.866. The molecule has 1 aromatic heterocycles. The van der Waals surface area contributed by atoms with Gasteiger partial charge in [0.25, 0.3) is 5.56 Å². The zero-order chi connectivity index (χ0) is 26.6. The summed E-state index contributed by atoms with van der Waals surface area (Å²) in [7, 11) is 0. The second kappa shape index (κ2) is 10.9. The number of benzene rings is 3. The topological polar surface area (TPSA) is 104 Å². The summed E-state index contributed by atoms with van der Waals surface area (Å²) in [6.07, 6.45) is 0. The van der Waals surface area contributed by atoms with Gasteiger partial charge in [0, 0.05) is 5.75 Å². The van der Waals surface area contributed by atoms with E-state index in [0.29, 0.717) is 27.5 Å². The number of halogens is 1. The van der Waals surface area contributed by atoms with Crippen molar-refractivity contribution in [3.63, 3.8) is 0 Å². The maximum absolute atomic E-state index is 14.1. The molecule has 0 amide bonds. The first kappa shape index (κ1) is 25.3. The van der Waals surface area contributed by atoms with Crippen LogP contribution in [-0.2, 0) is 15.3 Å². The third-order valence-corrected chi connectivity index (χ3v) is 7.03. The quantitative estimate of drug-likeness (QED) is 0.166. The molecule has 0 saturated carbocycles. The fourth-order valence-corrected chi connectivity index (χ4v) is 5.28. The van der Waals surface area contributed by atoms with Gasteiger partial charge in [-0.1, -0.05) is 72.4 Å². The second-order valence-corrected chi connectivity index (χ2v) is 9.51. The highest BCUT2D eigenvalue weighted by Crippen LogP contribution is 2.43. The summed E-state index contributed by atoms with van der Waals surface area (Å²) in [5.74, 6) is -1.26. The lowest BCUT2D eigenvalue weighted by Gasteiger charge is -2.30. The molecule has 5 rings (SSSR count). The minimum Gasteiger partial charge on any atom is -0.508 e. The zero-order valence-corrected chi connectivity index (χ0v) is 21.2. The van der Waals surface area contributed by atoms with Crippen LogP contribution in [0.2, 0.25) is 0 Å². The van der Waals surface area contributed by atoms with Gasteiger partial charge in [-0.2, -0.15) is 0 Å². The predicted molar refractivity (Wildman–Crippen MR) is 144 cm³/mol. The molecule has 0 bridgehead atoms. The maximum Gasteiger partial charge on any atom is 0.337 e. The van der Waals surface area contributed by atoms with Crippen molar-refractivity contribution in [3.05, 3.63) is 123 Å². The molecule has 0 radical (unpaired) electrons. The third kappa shape index (κ3) is 5.05. The minimum absolute atomic E-state index is 0.00601. The van der Waals surface area contributed by atoms with Gasteiger partial charge in [-0.15, -0.1) is 0 Å². The van der Waals surface area contributed by atoms with Crippen LogP contribution in [0.15, 0.2) is 94.4 Å². The van der Waals surface area contributed by atoms with Crippen LogP contribution in [0, 0.1) is 5.82 Å². The largest absolute Gasteiger partial charge is 0.508 e. The lowest BCUT2D eigenvalue weighted by atomic mass is 9.81. The Kier molecular flexibility index (Phi) is 7.28. The number of aromatic hydroxyl groups is 1. The summed E-state index contributed by atoms with van der Waals surface area (Å²) in [5, 5.41) is 13.7. The lowest BCUT2D eigenvalue weighted by molar-refractivity contribution is -0.138. The fraction of sp³-hybridized carbons (Fsp3) is 0.138. The van der Waals surface area contributed by atoms with Crippen LogP contribution in [-0.4, -0.2) is 27.7 Å². The number of esters is 1. The third-order valence-electron chi connectivity index (χ3n) is 6.11. The highest BCUT2D eigenvalue weighted by atomic mass is 32.2. The first-order valence-corrected chi connectivity index (χ1v) is 13.0. The number of hydrogen-bond donors (Lipinski definition) is 3. The number of aromatic amines is 1. The summed E-state index contributed by atoms with van der Waals surface area (Å²) in [6, 6.07) is 22.1. The smallest absolute Gasteiger partial charge is 0.337 e. The van der Waals surface area contributed by atoms with Gasteiger partial charge in [-0.05, 0) is 41.8 Å². The van der Waals surface area contributed by atoms with E-state index in [0.717, 1.165) is 0 Å². The van der Waals surface area contributed by atoms with Crippen molar-refractivity contribution < 1.29 is 19.0 Å². The molecule has 1 atom stereocenters. The summed E-state index contributed by atoms with van der Waals surface area (Å²) in [6.45, 7) is 1.85. The van der Waals surface area contributed by atoms with Crippen LogP contribution in [0.25, 0.3) is 5.70 Å². The van der Waals surface area contributed by atoms with Gasteiger partial charge in [0.1, 0.15) is 17.4 Å². The number of fused-ring (bicyclic) bond motifs is 1. The number of rotatable bonds is 7. The first-order valence-electron chi connectivity index (χ1n) is 12.0. The molecule has 3 N–H and O–H groups in total. The van der Waals surface area contributed by atoms with Crippen LogP contribution >= 0.6 is 11.8 Å². The first-order chi connectivity index (χ1) is 18.5. The molecule has 1 aliphatic rings. The number of H-pyrrole nitrogens is 1. The second-order valence-electron chi connectivity index (χ2n) is 8.54. The van der Waals surface area contributed by atoms with Gasteiger partial charge in [-0.3, -0.25) is 4.79 Å². The van der Waals surface area contributed by atoms with E-state index in [1.54, 1.807) is 37.3 Å². The Morgan fingerprint density at radius 2 is 1.84 bits per heavy atom. The highest BCUT2D eigenvalue weighted by molar-refractivity contribution is 7.98. The number of thioether (sulfide) groups is 1. The number of nitrogens with one attached hydrogen (secondary N) is 2.